The van der Waals surface area contributed by atoms with Gasteiger partial charge in [-0.2, -0.15) is 0 Å². The largest absolute Gasteiger partial charge is 0.497 e. The molecule has 106 valence electrons. The molecule has 0 aliphatic heterocycles. The zero-order valence-corrected chi connectivity index (χ0v) is 11.9. The van der Waals surface area contributed by atoms with Crippen molar-refractivity contribution in [1.82, 2.24) is 5.32 Å². The summed E-state index contributed by atoms with van der Waals surface area (Å²) >= 11 is 0. The average molecular weight is 266 g/mol. The van der Waals surface area contributed by atoms with E-state index in [1.807, 2.05) is 12.1 Å². The molecule has 0 saturated heterocycles. The third kappa shape index (κ3) is 5.07. The second kappa shape index (κ2) is 7.51. The first-order valence-electron chi connectivity index (χ1n) is 6.29. The maximum Gasteiger partial charge on any atom is 0.239 e. The number of hydrogen-bond acceptors (Lipinski definition) is 4. The molecule has 0 fully saturated rings. The van der Waals surface area contributed by atoms with E-state index in [1.165, 1.54) is 0 Å². The Morgan fingerprint density at radius 3 is 2.58 bits per heavy atom. The van der Waals surface area contributed by atoms with Crippen LogP contribution in [0.5, 0.6) is 11.5 Å². The Labute approximate surface area is 114 Å². The number of amides is 1. The lowest BCUT2D eigenvalue weighted by atomic mass is 10.2. The molecule has 1 amide bonds. The Morgan fingerprint density at radius 2 is 2.00 bits per heavy atom. The zero-order chi connectivity index (χ0) is 14.3. The first kappa shape index (κ1) is 15.1. The van der Waals surface area contributed by atoms with Crippen molar-refractivity contribution in [2.75, 3.05) is 32.6 Å². The summed E-state index contributed by atoms with van der Waals surface area (Å²) in [5, 5.41) is 5.89. The average Bonchev–Trinajstić information content (AvgIpc) is 2.42. The highest BCUT2D eigenvalue weighted by Crippen LogP contribution is 2.28. The molecular formula is C14H22N2O3. The molecule has 0 unspecified atom stereocenters. The van der Waals surface area contributed by atoms with E-state index in [1.54, 1.807) is 20.3 Å². The number of anilines is 1. The third-order valence-electron chi connectivity index (χ3n) is 2.56. The van der Waals surface area contributed by atoms with E-state index >= 15 is 0 Å². The number of benzene rings is 1. The molecule has 19 heavy (non-hydrogen) atoms. The monoisotopic (exact) mass is 266 g/mol. The van der Waals surface area contributed by atoms with Gasteiger partial charge in [-0.15, -0.1) is 0 Å². The van der Waals surface area contributed by atoms with Gasteiger partial charge in [-0.25, -0.2) is 0 Å². The molecule has 2 N–H and O–H groups in total. The molecule has 0 aromatic heterocycles. The summed E-state index contributed by atoms with van der Waals surface area (Å²) in [4.78, 5) is 11.6. The van der Waals surface area contributed by atoms with Gasteiger partial charge < -0.3 is 20.1 Å². The fourth-order valence-electron chi connectivity index (χ4n) is 1.50. The van der Waals surface area contributed by atoms with Crippen molar-refractivity contribution in [2.24, 2.45) is 5.92 Å². The van der Waals surface area contributed by atoms with Crippen LogP contribution in [0, 0.1) is 5.92 Å². The lowest BCUT2D eigenvalue weighted by Gasteiger charge is -2.13. The van der Waals surface area contributed by atoms with Crippen molar-refractivity contribution < 1.29 is 14.3 Å². The van der Waals surface area contributed by atoms with Crippen LogP contribution in [0.15, 0.2) is 18.2 Å². The Balaban J connectivity index is 2.55. The highest BCUT2D eigenvalue weighted by atomic mass is 16.5. The third-order valence-corrected chi connectivity index (χ3v) is 2.56. The Bertz CT molecular complexity index is 419. The van der Waals surface area contributed by atoms with Crippen LogP contribution in [0.25, 0.3) is 0 Å². The molecule has 0 bridgehead atoms. The van der Waals surface area contributed by atoms with Gasteiger partial charge in [0.15, 0.2) is 0 Å². The van der Waals surface area contributed by atoms with Crippen LogP contribution in [0.3, 0.4) is 0 Å². The van der Waals surface area contributed by atoms with Gasteiger partial charge in [-0.05, 0) is 18.1 Å². The molecular weight excluding hydrogens is 244 g/mol. The molecule has 0 spiro atoms. The van der Waals surface area contributed by atoms with Crippen LogP contribution < -0.4 is 20.1 Å². The summed E-state index contributed by atoms with van der Waals surface area (Å²) in [6.45, 7) is 5.01. The molecule has 5 nitrogen and oxygen atoms in total. The topological polar surface area (TPSA) is 59.6 Å². The first-order chi connectivity index (χ1) is 9.06. The molecule has 0 saturated carbocycles. The number of hydrogen-bond donors (Lipinski definition) is 2. The van der Waals surface area contributed by atoms with Gasteiger partial charge in [0.2, 0.25) is 5.91 Å². The van der Waals surface area contributed by atoms with Gasteiger partial charge in [0.05, 0.1) is 26.5 Å². The van der Waals surface area contributed by atoms with E-state index in [9.17, 15) is 4.79 Å². The van der Waals surface area contributed by atoms with E-state index in [2.05, 4.69) is 24.5 Å². The van der Waals surface area contributed by atoms with Crippen molar-refractivity contribution in [3.05, 3.63) is 18.2 Å². The summed E-state index contributed by atoms with van der Waals surface area (Å²) < 4.78 is 10.4. The molecule has 1 aromatic rings. The standard InChI is InChI=1S/C14H22N2O3/c1-10(2)8-16-14(17)9-15-12-6-5-11(18-3)7-13(12)19-4/h5-7,10,15H,8-9H2,1-4H3,(H,16,17). The fourth-order valence-corrected chi connectivity index (χ4v) is 1.50. The highest BCUT2D eigenvalue weighted by molar-refractivity contribution is 5.81. The van der Waals surface area contributed by atoms with Crippen LogP contribution >= 0.6 is 0 Å². The highest BCUT2D eigenvalue weighted by Gasteiger charge is 2.07. The summed E-state index contributed by atoms with van der Waals surface area (Å²) in [5.41, 5.74) is 0.767. The Morgan fingerprint density at radius 1 is 1.26 bits per heavy atom. The Kier molecular flexibility index (Phi) is 5.99. The molecule has 0 aliphatic rings. The molecule has 0 atom stereocenters. The minimum absolute atomic E-state index is 0.0356. The van der Waals surface area contributed by atoms with Gasteiger partial charge in [-0.3, -0.25) is 4.79 Å². The number of carbonyl (C=O) groups is 1. The molecule has 5 heteroatoms. The molecule has 0 heterocycles. The predicted molar refractivity (Wildman–Crippen MR) is 75.9 cm³/mol. The number of methoxy groups -OCH3 is 2. The van der Waals surface area contributed by atoms with Crippen molar-refractivity contribution >= 4 is 11.6 Å². The number of carbonyl (C=O) groups excluding carboxylic acids is 1. The maximum absolute atomic E-state index is 11.6. The first-order valence-corrected chi connectivity index (χ1v) is 6.29. The van der Waals surface area contributed by atoms with Crippen LogP contribution in [0.4, 0.5) is 5.69 Å². The molecule has 1 aromatic carbocycles. The van der Waals surface area contributed by atoms with Crippen LogP contribution in [-0.2, 0) is 4.79 Å². The van der Waals surface area contributed by atoms with Gasteiger partial charge in [0, 0.05) is 12.6 Å². The van der Waals surface area contributed by atoms with E-state index in [4.69, 9.17) is 9.47 Å². The zero-order valence-electron chi connectivity index (χ0n) is 11.9. The van der Waals surface area contributed by atoms with Crippen molar-refractivity contribution in [3.8, 4) is 11.5 Å². The summed E-state index contributed by atoms with van der Waals surface area (Å²) in [6, 6.07) is 5.42. The molecule has 0 aliphatic carbocycles. The summed E-state index contributed by atoms with van der Waals surface area (Å²) in [7, 11) is 3.18. The molecule has 0 radical (unpaired) electrons. The minimum atomic E-state index is -0.0356. The summed E-state index contributed by atoms with van der Waals surface area (Å²) in [5.74, 6) is 1.77. The van der Waals surface area contributed by atoms with E-state index < -0.39 is 0 Å². The van der Waals surface area contributed by atoms with Gasteiger partial charge in [-0.1, -0.05) is 13.8 Å². The van der Waals surface area contributed by atoms with Crippen molar-refractivity contribution in [1.29, 1.82) is 0 Å². The second-order valence-corrected chi connectivity index (χ2v) is 4.62. The van der Waals surface area contributed by atoms with Crippen LogP contribution in [0.2, 0.25) is 0 Å². The predicted octanol–water partition coefficient (Wildman–Crippen LogP) is 1.89. The van der Waals surface area contributed by atoms with Crippen LogP contribution in [0.1, 0.15) is 13.8 Å². The van der Waals surface area contributed by atoms with E-state index in [0.29, 0.717) is 24.0 Å². The van der Waals surface area contributed by atoms with Gasteiger partial charge >= 0.3 is 0 Å². The normalized spacial score (nSPS) is 10.2. The summed E-state index contributed by atoms with van der Waals surface area (Å²) in [6.07, 6.45) is 0. The fraction of sp³-hybridized carbons (Fsp3) is 0.500. The van der Waals surface area contributed by atoms with E-state index in [-0.39, 0.29) is 12.5 Å². The quantitative estimate of drug-likeness (QED) is 0.791. The maximum atomic E-state index is 11.6. The van der Waals surface area contributed by atoms with Crippen molar-refractivity contribution in [3.63, 3.8) is 0 Å². The minimum Gasteiger partial charge on any atom is -0.497 e. The van der Waals surface area contributed by atoms with Gasteiger partial charge in [0.25, 0.3) is 0 Å². The smallest absolute Gasteiger partial charge is 0.239 e. The van der Waals surface area contributed by atoms with E-state index in [0.717, 1.165) is 5.69 Å². The lowest BCUT2D eigenvalue weighted by Crippen LogP contribution is -2.32. The SMILES string of the molecule is COc1ccc(NCC(=O)NCC(C)C)c(OC)c1. The van der Waals surface area contributed by atoms with Crippen molar-refractivity contribution in [2.45, 2.75) is 13.8 Å². The van der Waals surface area contributed by atoms with Crippen LogP contribution in [-0.4, -0.2) is 33.2 Å². The number of nitrogens with one attached hydrogen (secondary N) is 2. The lowest BCUT2D eigenvalue weighted by molar-refractivity contribution is -0.119. The number of rotatable bonds is 7. The second-order valence-electron chi connectivity index (χ2n) is 4.62. The molecule has 1 rings (SSSR count). The number of ether oxygens (including phenoxy) is 2. The Hall–Kier alpha value is -1.91. The van der Waals surface area contributed by atoms with Gasteiger partial charge in [0.1, 0.15) is 11.5 Å².